The number of carboxylic acid groups (broad SMARTS) is 1. The lowest BCUT2D eigenvalue weighted by Crippen LogP contribution is -2.29. The van der Waals surface area contributed by atoms with Crippen LogP contribution >= 0.6 is 24.8 Å². The zero-order chi connectivity index (χ0) is 12.7. The summed E-state index contributed by atoms with van der Waals surface area (Å²) in [6, 6.07) is -0.392. The van der Waals surface area contributed by atoms with E-state index in [0.717, 1.165) is 44.4 Å². The minimum Gasteiger partial charge on any atom is -0.480 e. The Balaban J connectivity index is 0. The molecule has 0 bridgehead atoms. The van der Waals surface area contributed by atoms with Gasteiger partial charge in [0.2, 0.25) is 0 Å². The average molecular weight is 314 g/mol. The maximum atomic E-state index is 10.5. The van der Waals surface area contributed by atoms with E-state index < -0.39 is 12.0 Å². The first-order valence-corrected chi connectivity index (χ1v) is 6.40. The summed E-state index contributed by atoms with van der Waals surface area (Å²) in [5.41, 5.74) is 11.2. The van der Waals surface area contributed by atoms with Gasteiger partial charge in [0.25, 0.3) is 0 Å². The van der Waals surface area contributed by atoms with Gasteiger partial charge in [-0.3, -0.25) is 9.79 Å². The average Bonchev–Trinajstić information content (AvgIpc) is 2.48. The Morgan fingerprint density at radius 2 is 2.05 bits per heavy atom. The number of hydrogen-bond donors (Lipinski definition) is 3. The van der Waals surface area contributed by atoms with Crippen molar-refractivity contribution in [3.05, 3.63) is 0 Å². The molecule has 0 saturated heterocycles. The summed E-state index contributed by atoms with van der Waals surface area (Å²) in [5, 5.41) is 8.64. The molecule has 0 radical (unpaired) electrons. The molecule has 0 saturated carbocycles. The Morgan fingerprint density at radius 1 is 1.37 bits per heavy atom. The number of nitrogens with zero attached hydrogens (tertiary/aromatic N) is 1. The van der Waals surface area contributed by atoms with Gasteiger partial charge in [0.1, 0.15) is 6.04 Å². The molecule has 0 unspecified atom stereocenters. The summed E-state index contributed by atoms with van der Waals surface area (Å²) in [5.74, 6) is -0.142. The summed E-state index contributed by atoms with van der Waals surface area (Å²) in [6.07, 6.45) is 7.70. The zero-order valence-corrected chi connectivity index (χ0v) is 12.7. The number of aliphatic imine (C=N–C) groups is 1. The molecule has 114 valence electrons. The van der Waals surface area contributed by atoms with Crippen molar-refractivity contribution in [2.75, 3.05) is 0 Å². The lowest BCUT2D eigenvalue weighted by atomic mass is 10.0. The summed E-state index contributed by atoms with van der Waals surface area (Å²) in [6.45, 7) is 0. The van der Waals surface area contributed by atoms with Crippen LogP contribution in [0.2, 0.25) is 0 Å². The summed E-state index contributed by atoms with van der Waals surface area (Å²) >= 11 is 0. The molecule has 1 aliphatic heterocycles. The Hall–Kier alpha value is -0.520. The number of halogens is 2. The molecule has 5 nitrogen and oxygen atoms in total. The summed E-state index contributed by atoms with van der Waals surface area (Å²) in [4.78, 5) is 15.0. The van der Waals surface area contributed by atoms with Gasteiger partial charge in [0.15, 0.2) is 0 Å². The maximum absolute atomic E-state index is 10.5. The monoisotopic (exact) mass is 313 g/mol. The molecule has 0 amide bonds. The highest BCUT2D eigenvalue weighted by molar-refractivity contribution is 5.85. The smallest absolute Gasteiger partial charge is 0.320 e. The van der Waals surface area contributed by atoms with E-state index in [-0.39, 0.29) is 24.8 Å². The molecule has 1 heterocycles. The van der Waals surface area contributed by atoms with Crippen molar-refractivity contribution in [3.8, 4) is 0 Å². The van der Waals surface area contributed by atoms with Crippen LogP contribution in [-0.4, -0.2) is 29.0 Å². The number of aliphatic carboxylic acids is 1. The van der Waals surface area contributed by atoms with E-state index in [9.17, 15) is 4.79 Å². The largest absolute Gasteiger partial charge is 0.480 e. The van der Waals surface area contributed by atoms with Crippen LogP contribution < -0.4 is 11.5 Å². The number of hydrogen-bond acceptors (Lipinski definition) is 4. The molecule has 0 aromatic carbocycles. The van der Waals surface area contributed by atoms with Crippen LogP contribution in [0.3, 0.4) is 0 Å². The predicted octanol–water partition coefficient (Wildman–Crippen LogP) is 2.10. The van der Waals surface area contributed by atoms with E-state index in [1.807, 2.05) is 0 Å². The standard InChI is InChI=1S/C12H23N3O2.2ClH/c13-10(12(16)17)7-3-1-5-9-6-2-4-8-11(14)15-9;;/h9-10H,1-8,13H2,(H2,14,15)(H,16,17);2*1H/t9-,10+;;/m0../s1. The van der Waals surface area contributed by atoms with Crippen molar-refractivity contribution in [3.63, 3.8) is 0 Å². The van der Waals surface area contributed by atoms with E-state index in [2.05, 4.69) is 4.99 Å². The van der Waals surface area contributed by atoms with E-state index >= 15 is 0 Å². The van der Waals surface area contributed by atoms with Crippen LogP contribution in [0, 0.1) is 0 Å². The minimum atomic E-state index is -0.915. The molecule has 2 atom stereocenters. The molecule has 0 fully saturated rings. The fourth-order valence-electron chi connectivity index (χ4n) is 2.13. The van der Waals surface area contributed by atoms with Gasteiger partial charge in [-0.05, 0) is 25.7 Å². The summed E-state index contributed by atoms with van der Waals surface area (Å²) < 4.78 is 0. The van der Waals surface area contributed by atoms with Crippen molar-refractivity contribution < 1.29 is 9.90 Å². The highest BCUT2D eigenvalue weighted by atomic mass is 35.5. The highest BCUT2D eigenvalue weighted by Gasteiger charge is 2.13. The lowest BCUT2D eigenvalue weighted by Gasteiger charge is -2.11. The number of unbranched alkanes of at least 4 members (excludes halogenated alkanes) is 1. The van der Waals surface area contributed by atoms with Gasteiger partial charge < -0.3 is 16.6 Å². The van der Waals surface area contributed by atoms with Crippen LogP contribution in [-0.2, 0) is 4.79 Å². The molecule has 5 N–H and O–H groups in total. The maximum Gasteiger partial charge on any atom is 0.320 e. The first kappa shape index (κ1) is 20.8. The fraction of sp³-hybridized carbons (Fsp3) is 0.833. The first-order chi connectivity index (χ1) is 8.09. The quantitative estimate of drug-likeness (QED) is 0.653. The third-order valence-electron chi connectivity index (χ3n) is 3.19. The van der Waals surface area contributed by atoms with Gasteiger partial charge in [-0.2, -0.15) is 0 Å². The number of amidine groups is 1. The number of carbonyl (C=O) groups is 1. The molecule has 0 aliphatic carbocycles. The second kappa shape index (κ2) is 11.3. The van der Waals surface area contributed by atoms with Gasteiger partial charge in [0, 0.05) is 6.42 Å². The Labute approximate surface area is 127 Å². The zero-order valence-electron chi connectivity index (χ0n) is 11.1. The summed E-state index contributed by atoms with van der Waals surface area (Å²) in [7, 11) is 0. The van der Waals surface area contributed by atoms with Crippen molar-refractivity contribution in [2.45, 2.75) is 63.5 Å². The molecule has 19 heavy (non-hydrogen) atoms. The highest BCUT2D eigenvalue weighted by Crippen LogP contribution is 2.17. The Kier molecular flexibility index (Phi) is 12.4. The first-order valence-electron chi connectivity index (χ1n) is 6.40. The van der Waals surface area contributed by atoms with Crippen LogP contribution in [0.25, 0.3) is 0 Å². The second-order valence-corrected chi connectivity index (χ2v) is 4.75. The van der Waals surface area contributed by atoms with E-state index in [4.69, 9.17) is 16.6 Å². The van der Waals surface area contributed by atoms with Crippen LogP contribution in [0.5, 0.6) is 0 Å². The van der Waals surface area contributed by atoms with Crippen LogP contribution in [0.1, 0.15) is 51.4 Å². The SMILES string of the molecule is Cl.Cl.NC1=N[C@@H](CCCC[C@@H](N)C(=O)O)CCCC1. The van der Waals surface area contributed by atoms with E-state index in [0.29, 0.717) is 12.5 Å². The van der Waals surface area contributed by atoms with Crippen LogP contribution in [0.15, 0.2) is 4.99 Å². The van der Waals surface area contributed by atoms with Gasteiger partial charge in [0.05, 0.1) is 11.9 Å². The molecule has 0 aromatic rings. The van der Waals surface area contributed by atoms with Gasteiger partial charge in [-0.15, -0.1) is 24.8 Å². The van der Waals surface area contributed by atoms with Crippen molar-refractivity contribution >= 4 is 36.6 Å². The fourth-order valence-corrected chi connectivity index (χ4v) is 2.13. The molecule has 1 aliphatic rings. The normalized spacial score (nSPS) is 20.3. The van der Waals surface area contributed by atoms with Gasteiger partial charge >= 0.3 is 5.97 Å². The second-order valence-electron chi connectivity index (χ2n) is 4.75. The molecular formula is C12H25Cl2N3O2. The molecule has 0 aromatic heterocycles. The number of nitrogens with two attached hydrogens (primary N) is 2. The number of rotatable bonds is 6. The van der Waals surface area contributed by atoms with Gasteiger partial charge in [-0.1, -0.05) is 19.3 Å². The van der Waals surface area contributed by atoms with E-state index in [1.54, 1.807) is 0 Å². The third-order valence-corrected chi connectivity index (χ3v) is 3.19. The molecule has 1 rings (SSSR count). The predicted molar refractivity (Wildman–Crippen MR) is 82.5 cm³/mol. The van der Waals surface area contributed by atoms with Crippen molar-refractivity contribution in [2.24, 2.45) is 16.5 Å². The topological polar surface area (TPSA) is 102 Å². The lowest BCUT2D eigenvalue weighted by molar-refractivity contribution is -0.138. The molecule has 7 heteroatoms. The minimum absolute atomic E-state index is 0. The van der Waals surface area contributed by atoms with Gasteiger partial charge in [-0.25, -0.2) is 0 Å². The molecule has 0 spiro atoms. The number of carboxylic acids is 1. The van der Waals surface area contributed by atoms with E-state index in [1.165, 1.54) is 6.42 Å². The van der Waals surface area contributed by atoms with Crippen molar-refractivity contribution in [1.29, 1.82) is 0 Å². The Bertz CT molecular complexity index is 288. The third kappa shape index (κ3) is 9.08. The van der Waals surface area contributed by atoms with Crippen molar-refractivity contribution in [1.82, 2.24) is 0 Å². The van der Waals surface area contributed by atoms with Crippen LogP contribution in [0.4, 0.5) is 0 Å². The Morgan fingerprint density at radius 3 is 2.68 bits per heavy atom. The molecular weight excluding hydrogens is 289 g/mol.